The van der Waals surface area contributed by atoms with Crippen molar-refractivity contribution in [1.82, 2.24) is 5.32 Å². The molecule has 0 unspecified atom stereocenters. The molecule has 0 aliphatic heterocycles. The third kappa shape index (κ3) is 3.20. The highest BCUT2D eigenvalue weighted by molar-refractivity contribution is 8.00. The molecule has 0 bridgehead atoms. The molecule has 19 heavy (non-hydrogen) atoms. The van der Waals surface area contributed by atoms with Gasteiger partial charge in [-0.15, -0.1) is 0 Å². The van der Waals surface area contributed by atoms with Gasteiger partial charge in [0, 0.05) is 22.4 Å². The standard InChI is InChI=1S/C13H17N3O2S/c1-19-13(6-7-13)8-15-12(17)10-4-2-9(3-5-10)11(14)16-18/h2-5,18H,6-8H2,1H3,(H2,14,16)(H,15,17). The van der Waals surface area contributed by atoms with Gasteiger partial charge in [0.15, 0.2) is 5.84 Å². The molecule has 1 amide bonds. The Hall–Kier alpha value is -1.69. The van der Waals surface area contributed by atoms with Gasteiger partial charge < -0.3 is 16.3 Å². The molecule has 1 aliphatic rings. The zero-order chi connectivity index (χ0) is 13.9. The summed E-state index contributed by atoms with van der Waals surface area (Å²) in [5.74, 6) is -0.0577. The molecule has 2 rings (SSSR count). The van der Waals surface area contributed by atoms with Gasteiger partial charge in [-0.2, -0.15) is 11.8 Å². The fraction of sp³-hybridized carbons (Fsp3) is 0.385. The van der Waals surface area contributed by atoms with Crippen molar-refractivity contribution in [2.75, 3.05) is 12.8 Å². The van der Waals surface area contributed by atoms with Gasteiger partial charge in [0.25, 0.3) is 5.91 Å². The number of carbonyl (C=O) groups excluding carboxylic acids is 1. The Balaban J connectivity index is 1.96. The van der Waals surface area contributed by atoms with Crippen LogP contribution in [0.25, 0.3) is 0 Å². The number of amides is 1. The SMILES string of the molecule is CSC1(CNC(=O)c2ccc(/C(N)=N/O)cc2)CC1. The van der Waals surface area contributed by atoms with Crippen molar-refractivity contribution in [3.63, 3.8) is 0 Å². The first kappa shape index (κ1) is 13.7. The number of hydrogen-bond donors (Lipinski definition) is 3. The molecule has 0 saturated heterocycles. The molecule has 4 N–H and O–H groups in total. The Bertz CT molecular complexity index is 495. The first-order valence-corrected chi connectivity index (χ1v) is 7.24. The van der Waals surface area contributed by atoms with Crippen molar-refractivity contribution in [3.05, 3.63) is 35.4 Å². The van der Waals surface area contributed by atoms with Crippen LogP contribution in [0.1, 0.15) is 28.8 Å². The molecular formula is C13H17N3O2S. The van der Waals surface area contributed by atoms with E-state index in [1.54, 1.807) is 24.3 Å². The molecule has 1 saturated carbocycles. The molecule has 102 valence electrons. The number of nitrogens with two attached hydrogens (primary N) is 1. The van der Waals surface area contributed by atoms with E-state index in [0.29, 0.717) is 17.7 Å². The number of nitrogens with one attached hydrogen (secondary N) is 1. The Morgan fingerprint density at radius 2 is 2.00 bits per heavy atom. The lowest BCUT2D eigenvalue weighted by Crippen LogP contribution is -2.31. The summed E-state index contributed by atoms with van der Waals surface area (Å²) < 4.78 is 0.254. The van der Waals surface area contributed by atoms with Crippen molar-refractivity contribution in [2.24, 2.45) is 10.9 Å². The minimum absolute atomic E-state index is 0.0336. The van der Waals surface area contributed by atoms with Crippen molar-refractivity contribution in [1.29, 1.82) is 0 Å². The van der Waals surface area contributed by atoms with Gasteiger partial charge in [-0.3, -0.25) is 4.79 Å². The molecule has 0 radical (unpaired) electrons. The molecule has 6 heteroatoms. The lowest BCUT2D eigenvalue weighted by Gasteiger charge is -2.13. The highest BCUT2D eigenvalue weighted by Gasteiger charge is 2.41. The molecule has 1 aromatic carbocycles. The maximum absolute atomic E-state index is 12.0. The van der Waals surface area contributed by atoms with Gasteiger partial charge in [0.05, 0.1) is 0 Å². The van der Waals surface area contributed by atoms with Crippen LogP contribution >= 0.6 is 11.8 Å². The Morgan fingerprint density at radius 1 is 1.42 bits per heavy atom. The number of nitrogens with zero attached hydrogens (tertiary/aromatic N) is 1. The van der Waals surface area contributed by atoms with E-state index >= 15 is 0 Å². The second-order valence-electron chi connectivity index (χ2n) is 4.63. The number of benzene rings is 1. The van der Waals surface area contributed by atoms with Crippen LogP contribution in [0.3, 0.4) is 0 Å². The highest BCUT2D eigenvalue weighted by Crippen LogP contribution is 2.46. The Kier molecular flexibility index (Phi) is 3.99. The maximum Gasteiger partial charge on any atom is 0.251 e. The van der Waals surface area contributed by atoms with E-state index in [1.807, 2.05) is 11.8 Å². The van der Waals surface area contributed by atoms with Crippen LogP contribution in [-0.2, 0) is 0 Å². The van der Waals surface area contributed by atoms with Crippen molar-refractivity contribution >= 4 is 23.5 Å². The van der Waals surface area contributed by atoms with Gasteiger partial charge in [0.1, 0.15) is 0 Å². The van der Waals surface area contributed by atoms with Crippen molar-refractivity contribution < 1.29 is 10.0 Å². The molecule has 1 aromatic rings. The third-order valence-corrected chi connectivity index (χ3v) is 4.78. The lowest BCUT2D eigenvalue weighted by molar-refractivity contribution is 0.0953. The van der Waals surface area contributed by atoms with E-state index < -0.39 is 0 Å². The molecule has 0 aromatic heterocycles. The van der Waals surface area contributed by atoms with Gasteiger partial charge in [-0.1, -0.05) is 17.3 Å². The van der Waals surface area contributed by atoms with Crippen molar-refractivity contribution in [2.45, 2.75) is 17.6 Å². The van der Waals surface area contributed by atoms with Crippen LogP contribution in [0.5, 0.6) is 0 Å². The second kappa shape index (κ2) is 5.52. The molecule has 5 nitrogen and oxygen atoms in total. The van der Waals surface area contributed by atoms with E-state index in [-0.39, 0.29) is 16.5 Å². The normalized spacial score (nSPS) is 17.0. The summed E-state index contributed by atoms with van der Waals surface area (Å²) in [5.41, 5.74) is 6.62. The van der Waals surface area contributed by atoms with E-state index in [1.165, 1.54) is 0 Å². The zero-order valence-corrected chi connectivity index (χ0v) is 11.5. The topological polar surface area (TPSA) is 87.7 Å². The molecule has 0 atom stereocenters. The minimum Gasteiger partial charge on any atom is -0.409 e. The maximum atomic E-state index is 12.0. The van der Waals surface area contributed by atoms with Crippen LogP contribution in [0.4, 0.5) is 0 Å². The van der Waals surface area contributed by atoms with Crippen LogP contribution in [0.15, 0.2) is 29.4 Å². The van der Waals surface area contributed by atoms with E-state index in [4.69, 9.17) is 10.9 Å². The smallest absolute Gasteiger partial charge is 0.251 e. The quantitative estimate of drug-likeness (QED) is 0.329. The first-order valence-electron chi connectivity index (χ1n) is 6.01. The fourth-order valence-electron chi connectivity index (χ4n) is 1.79. The fourth-order valence-corrected chi connectivity index (χ4v) is 2.51. The predicted octanol–water partition coefficient (Wildman–Crippen LogP) is 1.41. The number of amidine groups is 1. The highest BCUT2D eigenvalue weighted by atomic mass is 32.2. The predicted molar refractivity (Wildman–Crippen MR) is 76.8 cm³/mol. The van der Waals surface area contributed by atoms with Crippen LogP contribution in [-0.4, -0.2) is 34.5 Å². The number of rotatable bonds is 5. The lowest BCUT2D eigenvalue weighted by atomic mass is 10.1. The third-order valence-electron chi connectivity index (χ3n) is 3.36. The average molecular weight is 279 g/mol. The van der Waals surface area contributed by atoms with Gasteiger partial charge in [0.2, 0.25) is 0 Å². The summed E-state index contributed by atoms with van der Waals surface area (Å²) in [4.78, 5) is 12.0. The Morgan fingerprint density at radius 3 is 2.47 bits per heavy atom. The number of hydrogen-bond acceptors (Lipinski definition) is 4. The Labute approximate surface area is 116 Å². The average Bonchev–Trinajstić information content (AvgIpc) is 3.25. The number of thioether (sulfide) groups is 1. The summed E-state index contributed by atoms with van der Waals surface area (Å²) in [6, 6.07) is 6.65. The van der Waals surface area contributed by atoms with Crippen LogP contribution < -0.4 is 11.1 Å². The summed E-state index contributed by atoms with van der Waals surface area (Å²) in [6.07, 6.45) is 4.40. The van der Waals surface area contributed by atoms with Crippen LogP contribution in [0, 0.1) is 0 Å². The molecule has 1 fully saturated rings. The summed E-state index contributed by atoms with van der Waals surface area (Å²) in [7, 11) is 0. The second-order valence-corrected chi connectivity index (χ2v) is 5.91. The number of oxime groups is 1. The van der Waals surface area contributed by atoms with E-state index in [0.717, 1.165) is 12.8 Å². The monoisotopic (exact) mass is 279 g/mol. The van der Waals surface area contributed by atoms with E-state index in [2.05, 4.69) is 16.7 Å². The molecule has 0 heterocycles. The van der Waals surface area contributed by atoms with Gasteiger partial charge in [-0.05, 0) is 31.2 Å². The van der Waals surface area contributed by atoms with Gasteiger partial charge in [-0.25, -0.2) is 0 Å². The number of carbonyl (C=O) groups is 1. The molecule has 1 aliphatic carbocycles. The molecular weight excluding hydrogens is 262 g/mol. The van der Waals surface area contributed by atoms with Crippen molar-refractivity contribution in [3.8, 4) is 0 Å². The van der Waals surface area contributed by atoms with E-state index in [9.17, 15) is 4.79 Å². The minimum atomic E-state index is -0.0913. The summed E-state index contributed by atoms with van der Waals surface area (Å²) in [6.45, 7) is 0.703. The van der Waals surface area contributed by atoms with Gasteiger partial charge >= 0.3 is 0 Å². The largest absolute Gasteiger partial charge is 0.409 e. The summed E-state index contributed by atoms with van der Waals surface area (Å²) >= 11 is 1.81. The van der Waals surface area contributed by atoms with Crippen LogP contribution in [0.2, 0.25) is 0 Å². The summed E-state index contributed by atoms with van der Waals surface area (Å²) in [5, 5.41) is 14.4. The first-order chi connectivity index (χ1) is 9.10. The zero-order valence-electron chi connectivity index (χ0n) is 10.7. The molecule has 0 spiro atoms.